The summed E-state index contributed by atoms with van der Waals surface area (Å²) in [7, 11) is 0. The van der Waals surface area contributed by atoms with Gasteiger partial charge in [0.25, 0.3) is 0 Å². The highest BCUT2D eigenvalue weighted by atomic mass is 16.5. The molecule has 15 heavy (non-hydrogen) atoms. The van der Waals surface area contributed by atoms with Crippen molar-refractivity contribution < 1.29 is 9.15 Å². The van der Waals surface area contributed by atoms with Crippen LogP contribution in [0.2, 0.25) is 0 Å². The number of hydrogen-bond donors (Lipinski definition) is 1. The van der Waals surface area contributed by atoms with Crippen LogP contribution in [0, 0.1) is 5.92 Å². The van der Waals surface area contributed by atoms with Crippen molar-refractivity contribution in [2.45, 2.75) is 25.7 Å². The molecule has 2 rings (SSSR count). The van der Waals surface area contributed by atoms with Crippen LogP contribution in [0.15, 0.2) is 10.6 Å². The van der Waals surface area contributed by atoms with Crippen molar-refractivity contribution in [2.75, 3.05) is 19.8 Å². The average Bonchev–Trinajstić information content (AvgIpc) is 2.87. The summed E-state index contributed by atoms with van der Waals surface area (Å²) in [5.41, 5.74) is 5.44. The molecule has 4 heteroatoms. The SMILES string of the molecule is NCCCc1cnc(CC2CCOC2)o1. The van der Waals surface area contributed by atoms with Gasteiger partial charge < -0.3 is 14.9 Å². The van der Waals surface area contributed by atoms with Crippen molar-refractivity contribution in [3.05, 3.63) is 17.8 Å². The van der Waals surface area contributed by atoms with Gasteiger partial charge in [0.15, 0.2) is 5.89 Å². The minimum atomic E-state index is 0.589. The number of aromatic nitrogens is 1. The highest BCUT2D eigenvalue weighted by Gasteiger charge is 2.18. The average molecular weight is 210 g/mol. The highest BCUT2D eigenvalue weighted by Crippen LogP contribution is 2.18. The molecule has 0 radical (unpaired) electrons. The van der Waals surface area contributed by atoms with E-state index in [2.05, 4.69) is 4.98 Å². The predicted molar refractivity (Wildman–Crippen MR) is 56.5 cm³/mol. The first-order valence-electron chi connectivity index (χ1n) is 5.60. The van der Waals surface area contributed by atoms with E-state index in [0.717, 1.165) is 50.5 Å². The minimum absolute atomic E-state index is 0.589. The van der Waals surface area contributed by atoms with Gasteiger partial charge in [-0.1, -0.05) is 0 Å². The van der Waals surface area contributed by atoms with E-state index < -0.39 is 0 Å². The molecule has 1 aliphatic heterocycles. The van der Waals surface area contributed by atoms with E-state index >= 15 is 0 Å². The Morgan fingerprint density at radius 3 is 3.20 bits per heavy atom. The van der Waals surface area contributed by atoms with E-state index in [4.69, 9.17) is 14.9 Å². The van der Waals surface area contributed by atoms with Crippen LogP contribution in [0.1, 0.15) is 24.5 Å². The van der Waals surface area contributed by atoms with Crippen molar-refractivity contribution >= 4 is 0 Å². The van der Waals surface area contributed by atoms with Gasteiger partial charge >= 0.3 is 0 Å². The van der Waals surface area contributed by atoms with Gasteiger partial charge in [0.05, 0.1) is 6.20 Å². The monoisotopic (exact) mass is 210 g/mol. The van der Waals surface area contributed by atoms with Crippen LogP contribution in [-0.4, -0.2) is 24.7 Å². The van der Waals surface area contributed by atoms with Crippen LogP contribution in [0.3, 0.4) is 0 Å². The molecule has 1 aromatic rings. The molecule has 0 aliphatic carbocycles. The Bertz CT molecular complexity index is 293. The van der Waals surface area contributed by atoms with Gasteiger partial charge in [-0.25, -0.2) is 4.98 Å². The second kappa shape index (κ2) is 5.28. The van der Waals surface area contributed by atoms with Crippen LogP contribution >= 0.6 is 0 Å². The Hall–Kier alpha value is -0.870. The summed E-state index contributed by atoms with van der Waals surface area (Å²) in [4.78, 5) is 4.27. The van der Waals surface area contributed by atoms with Crippen LogP contribution in [0.25, 0.3) is 0 Å². The Labute approximate surface area is 89.8 Å². The highest BCUT2D eigenvalue weighted by molar-refractivity contribution is 4.95. The standard InChI is InChI=1S/C11H18N2O2/c12-4-1-2-10-7-13-11(15-10)6-9-3-5-14-8-9/h7,9H,1-6,8,12H2. The molecular formula is C11H18N2O2. The number of rotatable bonds is 5. The largest absolute Gasteiger partial charge is 0.446 e. The van der Waals surface area contributed by atoms with E-state index in [9.17, 15) is 0 Å². The lowest BCUT2D eigenvalue weighted by molar-refractivity contribution is 0.184. The second-order valence-corrected chi connectivity index (χ2v) is 4.05. The van der Waals surface area contributed by atoms with E-state index in [-0.39, 0.29) is 0 Å². The van der Waals surface area contributed by atoms with E-state index in [1.807, 2.05) is 6.20 Å². The molecular weight excluding hydrogens is 192 g/mol. The number of nitrogens with two attached hydrogens (primary N) is 1. The van der Waals surface area contributed by atoms with E-state index in [1.54, 1.807) is 0 Å². The lowest BCUT2D eigenvalue weighted by Crippen LogP contribution is -2.03. The molecule has 1 fully saturated rings. The van der Waals surface area contributed by atoms with E-state index in [1.165, 1.54) is 0 Å². The molecule has 4 nitrogen and oxygen atoms in total. The summed E-state index contributed by atoms with van der Waals surface area (Å²) in [6, 6.07) is 0. The number of nitrogens with zero attached hydrogens (tertiary/aromatic N) is 1. The molecule has 84 valence electrons. The quantitative estimate of drug-likeness (QED) is 0.791. The Morgan fingerprint density at radius 1 is 1.53 bits per heavy atom. The molecule has 0 aromatic carbocycles. The molecule has 0 amide bonds. The third-order valence-electron chi connectivity index (χ3n) is 2.72. The maximum absolute atomic E-state index is 5.63. The lowest BCUT2D eigenvalue weighted by Gasteiger charge is -2.02. The molecule has 0 spiro atoms. The van der Waals surface area contributed by atoms with Crippen LogP contribution in [0.5, 0.6) is 0 Å². The van der Waals surface area contributed by atoms with Gasteiger partial charge in [-0.3, -0.25) is 0 Å². The molecule has 2 heterocycles. The number of hydrogen-bond acceptors (Lipinski definition) is 4. The van der Waals surface area contributed by atoms with E-state index in [0.29, 0.717) is 12.5 Å². The summed E-state index contributed by atoms with van der Waals surface area (Å²) in [6.07, 6.45) is 5.70. The van der Waals surface area contributed by atoms with Crippen molar-refractivity contribution in [3.63, 3.8) is 0 Å². The smallest absolute Gasteiger partial charge is 0.194 e. The van der Waals surface area contributed by atoms with Crippen LogP contribution in [-0.2, 0) is 17.6 Å². The van der Waals surface area contributed by atoms with Gasteiger partial charge in [0.2, 0.25) is 0 Å². The maximum Gasteiger partial charge on any atom is 0.194 e. The van der Waals surface area contributed by atoms with Gasteiger partial charge in [-0.2, -0.15) is 0 Å². The Balaban J connectivity index is 1.83. The van der Waals surface area contributed by atoms with Gasteiger partial charge in [-0.05, 0) is 25.3 Å². The first-order chi connectivity index (χ1) is 7.38. The molecule has 2 N–H and O–H groups in total. The fourth-order valence-electron chi connectivity index (χ4n) is 1.83. The van der Waals surface area contributed by atoms with Crippen molar-refractivity contribution in [1.82, 2.24) is 4.98 Å². The summed E-state index contributed by atoms with van der Waals surface area (Å²) in [5.74, 6) is 2.39. The number of ether oxygens (including phenoxy) is 1. The molecule has 1 saturated heterocycles. The summed E-state index contributed by atoms with van der Waals surface area (Å²) in [6.45, 7) is 2.43. The molecule has 0 saturated carbocycles. The summed E-state index contributed by atoms with van der Waals surface area (Å²) >= 11 is 0. The number of aryl methyl sites for hydroxylation is 1. The Morgan fingerprint density at radius 2 is 2.47 bits per heavy atom. The van der Waals surface area contributed by atoms with Gasteiger partial charge in [0.1, 0.15) is 5.76 Å². The van der Waals surface area contributed by atoms with Crippen molar-refractivity contribution in [2.24, 2.45) is 11.7 Å². The molecule has 1 atom stereocenters. The fraction of sp³-hybridized carbons (Fsp3) is 0.727. The van der Waals surface area contributed by atoms with Crippen LogP contribution < -0.4 is 5.73 Å². The third kappa shape index (κ3) is 3.04. The zero-order chi connectivity index (χ0) is 10.5. The molecule has 1 unspecified atom stereocenters. The van der Waals surface area contributed by atoms with Crippen molar-refractivity contribution in [1.29, 1.82) is 0 Å². The second-order valence-electron chi connectivity index (χ2n) is 4.05. The molecule has 1 aliphatic rings. The minimum Gasteiger partial charge on any atom is -0.446 e. The molecule has 0 bridgehead atoms. The van der Waals surface area contributed by atoms with Gasteiger partial charge in [-0.15, -0.1) is 0 Å². The van der Waals surface area contributed by atoms with Crippen molar-refractivity contribution in [3.8, 4) is 0 Å². The van der Waals surface area contributed by atoms with Gasteiger partial charge in [0, 0.05) is 26.1 Å². The maximum atomic E-state index is 5.63. The predicted octanol–water partition coefficient (Wildman–Crippen LogP) is 1.14. The topological polar surface area (TPSA) is 61.3 Å². The summed E-state index contributed by atoms with van der Waals surface area (Å²) < 4.78 is 10.9. The molecule has 1 aromatic heterocycles. The third-order valence-corrected chi connectivity index (χ3v) is 2.72. The lowest BCUT2D eigenvalue weighted by atomic mass is 10.1. The zero-order valence-electron chi connectivity index (χ0n) is 8.95. The normalized spacial score (nSPS) is 21.0. The fourth-order valence-corrected chi connectivity index (χ4v) is 1.83. The summed E-state index contributed by atoms with van der Waals surface area (Å²) in [5, 5.41) is 0. The zero-order valence-corrected chi connectivity index (χ0v) is 8.95. The first kappa shape index (κ1) is 10.6. The van der Waals surface area contributed by atoms with Crippen LogP contribution in [0.4, 0.5) is 0 Å². The number of oxazole rings is 1. The Kier molecular flexibility index (Phi) is 3.75. The first-order valence-corrected chi connectivity index (χ1v) is 5.60.